The zero-order chi connectivity index (χ0) is 38.4. The number of likely N-dealkylation sites (tertiary alicyclic amines) is 1. The van der Waals surface area contributed by atoms with Crippen LogP contribution in [0.15, 0.2) is 36.4 Å². The number of methoxy groups -OCH3 is 1. The van der Waals surface area contributed by atoms with Crippen molar-refractivity contribution < 1.29 is 43.3 Å². The average molecular weight is 746 g/mol. The summed E-state index contributed by atoms with van der Waals surface area (Å²) in [5, 5.41) is 26.9. The number of nitrogens with one attached hydrogen (secondary N) is 2. The molecule has 2 heterocycles. The number of piperidine rings is 1. The summed E-state index contributed by atoms with van der Waals surface area (Å²) in [6.07, 6.45) is 6.60. The molecule has 2 spiro atoms. The van der Waals surface area contributed by atoms with E-state index in [9.17, 15) is 24.6 Å². The number of phenolic OH excluding ortho intramolecular Hbond substituents is 1. The van der Waals surface area contributed by atoms with E-state index in [4.69, 9.17) is 14.2 Å². The van der Waals surface area contributed by atoms with Crippen LogP contribution in [0.1, 0.15) is 76.0 Å². The van der Waals surface area contributed by atoms with Crippen molar-refractivity contribution in [2.45, 2.75) is 107 Å². The molecule has 54 heavy (non-hydrogen) atoms. The van der Waals surface area contributed by atoms with Crippen molar-refractivity contribution in [3.8, 4) is 17.2 Å². The highest BCUT2D eigenvalue weighted by Gasteiger charge is 2.84. The second-order valence-corrected chi connectivity index (χ2v) is 18.1. The summed E-state index contributed by atoms with van der Waals surface area (Å²) < 4.78 is 21.0. The molecule has 2 aromatic rings. The number of hydrogen-bond donors (Lipinski definition) is 4. The van der Waals surface area contributed by atoms with Gasteiger partial charge in [0.15, 0.2) is 11.5 Å². The smallest absolute Gasteiger partial charge is 0.415 e. The Kier molecular flexibility index (Phi) is 8.82. The van der Waals surface area contributed by atoms with Crippen molar-refractivity contribution in [3.63, 3.8) is 0 Å². The van der Waals surface area contributed by atoms with Crippen LogP contribution in [0.4, 0.5) is 4.79 Å². The lowest BCUT2D eigenvalue weighted by atomic mass is 9.33. The molecule has 12 heteroatoms. The number of rotatable bonds is 12. The number of aliphatic hydroxyl groups is 1. The van der Waals surface area contributed by atoms with Gasteiger partial charge in [-0.05, 0) is 75.3 Å². The summed E-state index contributed by atoms with van der Waals surface area (Å²) >= 11 is 0. The minimum atomic E-state index is -0.973. The first-order valence-electron chi connectivity index (χ1n) is 19.8. The highest BCUT2D eigenvalue weighted by Crippen LogP contribution is 2.78. The summed E-state index contributed by atoms with van der Waals surface area (Å²) in [5.74, 6) is 1.10. The molecule has 292 valence electrons. The summed E-state index contributed by atoms with van der Waals surface area (Å²) in [6.45, 7) is 7.78. The Bertz CT molecular complexity index is 1840. The standard InChI is InChI=1S/C42H56N4O8/c1-25(47)44-30(21-26-9-12-29(48)13-10-26)36(49)43-18-19-45(4)38(50)53-31-14-11-28-22-33-40-15-16-42(52-6,32(23-40)39(2,3)51)37-41(40,34(28)35(31)54-37)17-20-46(33,5)24-27-7-8-27/h9-14,27,30,32-33,37,51H,7-8,15-24H2,1-6H3,(H2-,43,44,47,48,49)/p+1/t30-,32+,33+,37+,40+,41-,42-,46?/m0/s1. The van der Waals surface area contributed by atoms with Gasteiger partial charge in [0, 0.05) is 76.2 Å². The second-order valence-electron chi connectivity index (χ2n) is 18.1. The van der Waals surface area contributed by atoms with E-state index < -0.39 is 23.3 Å². The number of benzene rings is 2. The third-order valence-corrected chi connectivity index (χ3v) is 14.5. The van der Waals surface area contributed by atoms with Crippen LogP contribution in [0.5, 0.6) is 17.2 Å². The first-order chi connectivity index (χ1) is 25.6. The Morgan fingerprint density at radius 3 is 2.52 bits per heavy atom. The van der Waals surface area contributed by atoms with Gasteiger partial charge >= 0.3 is 6.09 Å². The van der Waals surface area contributed by atoms with Gasteiger partial charge in [-0.25, -0.2) is 4.79 Å². The molecule has 3 amide bonds. The molecule has 4 N–H and O–H groups in total. The van der Waals surface area contributed by atoms with Gasteiger partial charge in [-0.2, -0.15) is 0 Å². The quantitative estimate of drug-likeness (QED) is 0.240. The SMILES string of the molecule is CO[C@@]12CC[C@@]3(C[C@@H]1C(C)(C)O)[C@H]1Cc4ccc(OC(=O)N(C)CCNC(=O)[C@H](Cc5ccc(O)cc5)NC(C)=O)c5c4[C@@]3(CC[N+]1(C)CC1CC1)[C@H]2O5. The Hall–Kier alpha value is -3.87. The van der Waals surface area contributed by atoms with Gasteiger partial charge in [0.25, 0.3) is 0 Å². The Morgan fingerprint density at radius 2 is 1.85 bits per heavy atom. The van der Waals surface area contributed by atoms with Crippen molar-refractivity contribution >= 4 is 17.9 Å². The lowest BCUT2D eigenvalue weighted by molar-refractivity contribution is -0.952. The maximum Gasteiger partial charge on any atom is 0.415 e. The van der Waals surface area contributed by atoms with Crippen LogP contribution in [0.2, 0.25) is 0 Å². The van der Waals surface area contributed by atoms with E-state index in [1.54, 1.807) is 26.3 Å². The van der Waals surface area contributed by atoms with Crippen molar-refractivity contribution in [1.82, 2.24) is 15.5 Å². The third kappa shape index (κ3) is 5.60. The molecule has 2 aromatic carbocycles. The fraction of sp³-hybridized carbons (Fsp3) is 0.643. The third-order valence-electron chi connectivity index (χ3n) is 14.5. The van der Waals surface area contributed by atoms with Crippen LogP contribution >= 0.6 is 0 Å². The minimum Gasteiger partial charge on any atom is -0.508 e. The largest absolute Gasteiger partial charge is 0.508 e. The van der Waals surface area contributed by atoms with E-state index in [-0.39, 0.29) is 59.9 Å². The molecule has 0 aromatic heterocycles. The van der Waals surface area contributed by atoms with E-state index >= 15 is 0 Å². The van der Waals surface area contributed by atoms with Crippen molar-refractivity contribution in [3.05, 3.63) is 53.1 Å². The number of likely N-dealkylation sites (N-methyl/N-ethyl adjacent to an activating group) is 2. The molecule has 7 aliphatic rings. The number of carbonyl (C=O) groups excluding carboxylic acids is 3. The number of amides is 3. The topological polar surface area (TPSA) is 147 Å². The molecular formula is C42H57N4O8+. The van der Waals surface area contributed by atoms with Gasteiger partial charge < -0.3 is 44.4 Å². The molecular weight excluding hydrogens is 688 g/mol. The van der Waals surface area contributed by atoms with Gasteiger partial charge in [0.2, 0.25) is 11.8 Å². The van der Waals surface area contributed by atoms with Crippen LogP contribution < -0.4 is 20.1 Å². The minimum absolute atomic E-state index is 0.0855. The molecule has 9 rings (SSSR count). The number of fused-ring (bicyclic) bond motifs is 2. The molecule has 1 saturated heterocycles. The van der Waals surface area contributed by atoms with Crippen LogP contribution in [0.3, 0.4) is 0 Å². The Labute approximate surface area is 318 Å². The normalized spacial score (nSPS) is 33.3. The van der Waals surface area contributed by atoms with E-state index in [0.717, 1.165) is 54.6 Å². The first kappa shape index (κ1) is 37.1. The Balaban J connectivity index is 1.03. The molecule has 5 aliphatic carbocycles. The summed E-state index contributed by atoms with van der Waals surface area (Å²) in [7, 11) is 5.88. The Morgan fingerprint density at radius 1 is 1.11 bits per heavy atom. The number of hydrogen-bond acceptors (Lipinski definition) is 8. The van der Waals surface area contributed by atoms with E-state index in [1.807, 2.05) is 19.9 Å². The van der Waals surface area contributed by atoms with Crippen molar-refractivity contribution in [2.24, 2.45) is 17.3 Å². The van der Waals surface area contributed by atoms with Gasteiger partial charge in [-0.3, -0.25) is 9.59 Å². The first-order valence-corrected chi connectivity index (χ1v) is 19.8. The number of quaternary nitrogens is 1. The zero-order valence-corrected chi connectivity index (χ0v) is 32.6. The average Bonchev–Trinajstić information content (AvgIpc) is 3.86. The lowest BCUT2D eigenvalue weighted by Crippen LogP contribution is -2.84. The number of aromatic hydroxyl groups is 1. The monoisotopic (exact) mass is 745 g/mol. The van der Waals surface area contributed by atoms with Crippen molar-refractivity contribution in [2.75, 3.05) is 47.4 Å². The molecule has 1 unspecified atom stereocenters. The highest BCUT2D eigenvalue weighted by molar-refractivity contribution is 5.87. The molecule has 2 aliphatic heterocycles. The van der Waals surface area contributed by atoms with Gasteiger partial charge in [0.1, 0.15) is 23.5 Å². The summed E-state index contributed by atoms with van der Waals surface area (Å²) in [6, 6.07) is 10.1. The van der Waals surface area contributed by atoms with Crippen LogP contribution in [0.25, 0.3) is 0 Å². The maximum absolute atomic E-state index is 13.7. The summed E-state index contributed by atoms with van der Waals surface area (Å²) in [4.78, 5) is 40.1. The van der Waals surface area contributed by atoms with E-state index in [2.05, 4.69) is 23.7 Å². The molecule has 8 atom stereocenters. The number of ether oxygens (including phenoxy) is 3. The van der Waals surface area contributed by atoms with Crippen LogP contribution in [0, 0.1) is 17.3 Å². The predicted molar refractivity (Wildman–Crippen MR) is 200 cm³/mol. The van der Waals surface area contributed by atoms with Gasteiger partial charge in [-0.1, -0.05) is 18.2 Å². The summed E-state index contributed by atoms with van der Waals surface area (Å²) in [5.41, 5.74) is 1.19. The molecule has 0 radical (unpaired) electrons. The van der Waals surface area contributed by atoms with Gasteiger partial charge in [0.05, 0.1) is 37.2 Å². The molecule has 4 saturated carbocycles. The number of phenols is 1. The fourth-order valence-electron chi connectivity index (χ4n) is 12.1. The second kappa shape index (κ2) is 12.8. The number of nitrogens with zero attached hydrogens (tertiary/aromatic N) is 2. The molecule has 4 bridgehead atoms. The van der Waals surface area contributed by atoms with Gasteiger partial charge in [-0.15, -0.1) is 0 Å². The van der Waals surface area contributed by atoms with E-state index in [1.165, 1.54) is 54.5 Å². The zero-order valence-electron chi connectivity index (χ0n) is 32.6. The van der Waals surface area contributed by atoms with Crippen LogP contribution in [-0.4, -0.2) is 114 Å². The number of carbonyl (C=O) groups is 3. The molecule has 12 nitrogen and oxygen atoms in total. The van der Waals surface area contributed by atoms with Crippen LogP contribution in [-0.2, 0) is 32.6 Å². The molecule has 5 fully saturated rings. The highest BCUT2D eigenvalue weighted by atomic mass is 16.6. The lowest BCUT2D eigenvalue weighted by Gasteiger charge is -2.75. The van der Waals surface area contributed by atoms with Crippen molar-refractivity contribution in [1.29, 1.82) is 0 Å². The van der Waals surface area contributed by atoms with E-state index in [0.29, 0.717) is 17.5 Å². The fourth-order valence-corrected chi connectivity index (χ4v) is 12.1. The maximum atomic E-state index is 13.7. The predicted octanol–water partition coefficient (Wildman–Crippen LogP) is 3.83.